The number of para-hydroxylation sites is 1. The number of aromatic nitrogens is 1. The van der Waals surface area contributed by atoms with E-state index in [1.807, 2.05) is 0 Å². The first-order chi connectivity index (χ1) is 9.49. The molecule has 0 saturated heterocycles. The third kappa shape index (κ3) is 3.15. The smallest absolute Gasteiger partial charge is 0.275 e. The van der Waals surface area contributed by atoms with Crippen LogP contribution in [0.15, 0.2) is 36.4 Å². The molecule has 0 aliphatic carbocycles. The van der Waals surface area contributed by atoms with E-state index in [0.29, 0.717) is 11.3 Å². The van der Waals surface area contributed by atoms with Gasteiger partial charge in [-0.3, -0.25) is 9.59 Å². The Morgan fingerprint density at radius 1 is 1.10 bits per heavy atom. The summed E-state index contributed by atoms with van der Waals surface area (Å²) in [5.41, 5.74) is 0.833. The van der Waals surface area contributed by atoms with Crippen LogP contribution in [0.3, 0.4) is 0 Å². The molecule has 0 fully saturated rings. The standard InChI is InChI=1S/C14H10Cl2N2O2/c1-8(19)9-4-2-3-5-11(9)17-14(20)13-10(15)6-7-12(16)18-13/h2-7H,1H3,(H,17,20). The van der Waals surface area contributed by atoms with Crippen molar-refractivity contribution in [3.63, 3.8) is 0 Å². The Hall–Kier alpha value is -1.91. The van der Waals surface area contributed by atoms with Crippen molar-refractivity contribution in [1.29, 1.82) is 0 Å². The number of rotatable bonds is 3. The number of pyridine rings is 1. The van der Waals surface area contributed by atoms with Crippen molar-refractivity contribution in [2.24, 2.45) is 0 Å². The molecular formula is C14H10Cl2N2O2. The van der Waals surface area contributed by atoms with Crippen LogP contribution in [0.5, 0.6) is 0 Å². The number of carbonyl (C=O) groups excluding carboxylic acids is 2. The van der Waals surface area contributed by atoms with Gasteiger partial charge < -0.3 is 5.32 Å². The first-order valence-electron chi connectivity index (χ1n) is 5.72. The summed E-state index contributed by atoms with van der Waals surface area (Å²) in [5.74, 6) is -0.669. The molecule has 0 radical (unpaired) electrons. The Morgan fingerprint density at radius 2 is 1.80 bits per heavy atom. The van der Waals surface area contributed by atoms with Crippen LogP contribution >= 0.6 is 23.2 Å². The number of nitrogens with one attached hydrogen (secondary N) is 1. The van der Waals surface area contributed by atoms with Gasteiger partial charge in [-0.1, -0.05) is 35.3 Å². The van der Waals surface area contributed by atoms with Crippen molar-refractivity contribution in [1.82, 2.24) is 4.98 Å². The van der Waals surface area contributed by atoms with Crippen LogP contribution in [0, 0.1) is 0 Å². The van der Waals surface area contributed by atoms with Crippen molar-refractivity contribution < 1.29 is 9.59 Å². The fourth-order valence-electron chi connectivity index (χ4n) is 1.66. The SMILES string of the molecule is CC(=O)c1ccccc1NC(=O)c1nc(Cl)ccc1Cl. The minimum absolute atomic E-state index is 0.0116. The number of ketones is 1. The van der Waals surface area contributed by atoms with E-state index in [9.17, 15) is 9.59 Å². The number of benzene rings is 1. The van der Waals surface area contributed by atoms with Gasteiger partial charge in [0.1, 0.15) is 10.8 Å². The summed E-state index contributed by atoms with van der Waals surface area (Å²) in [4.78, 5) is 27.5. The molecule has 0 aliphatic rings. The molecule has 102 valence electrons. The maximum atomic E-state index is 12.1. The van der Waals surface area contributed by atoms with Gasteiger partial charge in [0.25, 0.3) is 5.91 Å². The Balaban J connectivity index is 2.33. The number of hydrogen-bond donors (Lipinski definition) is 1. The van der Waals surface area contributed by atoms with E-state index >= 15 is 0 Å². The summed E-state index contributed by atoms with van der Waals surface area (Å²) in [7, 11) is 0. The molecule has 0 spiro atoms. The topological polar surface area (TPSA) is 59.1 Å². The largest absolute Gasteiger partial charge is 0.320 e. The molecule has 1 aromatic heterocycles. The van der Waals surface area contributed by atoms with Gasteiger partial charge in [0.2, 0.25) is 0 Å². The fraction of sp³-hybridized carbons (Fsp3) is 0.0714. The number of nitrogens with zero attached hydrogens (tertiary/aromatic N) is 1. The number of anilines is 1. The van der Waals surface area contributed by atoms with Gasteiger partial charge in [-0.25, -0.2) is 4.98 Å². The van der Waals surface area contributed by atoms with Crippen LogP contribution in [-0.2, 0) is 0 Å². The van der Waals surface area contributed by atoms with Crippen LogP contribution in [-0.4, -0.2) is 16.7 Å². The highest BCUT2D eigenvalue weighted by Crippen LogP contribution is 2.20. The van der Waals surface area contributed by atoms with Gasteiger partial charge in [0.15, 0.2) is 5.78 Å². The van der Waals surface area contributed by atoms with Gasteiger partial charge in [-0.15, -0.1) is 0 Å². The predicted molar refractivity (Wildman–Crippen MR) is 78.7 cm³/mol. The zero-order chi connectivity index (χ0) is 14.7. The van der Waals surface area contributed by atoms with Crippen molar-refractivity contribution >= 4 is 40.6 Å². The Bertz CT molecular complexity index is 687. The molecule has 1 heterocycles. The van der Waals surface area contributed by atoms with E-state index < -0.39 is 5.91 Å². The highest BCUT2D eigenvalue weighted by Gasteiger charge is 2.15. The molecular weight excluding hydrogens is 299 g/mol. The molecule has 4 nitrogen and oxygen atoms in total. The highest BCUT2D eigenvalue weighted by molar-refractivity contribution is 6.35. The number of carbonyl (C=O) groups is 2. The highest BCUT2D eigenvalue weighted by atomic mass is 35.5. The second kappa shape index (κ2) is 6.03. The van der Waals surface area contributed by atoms with Crippen molar-refractivity contribution in [2.45, 2.75) is 6.92 Å². The summed E-state index contributed by atoms with van der Waals surface area (Å²) >= 11 is 11.7. The van der Waals surface area contributed by atoms with Gasteiger partial charge in [-0.2, -0.15) is 0 Å². The number of halogens is 2. The van der Waals surface area contributed by atoms with E-state index in [4.69, 9.17) is 23.2 Å². The Kier molecular flexibility index (Phi) is 4.37. The van der Waals surface area contributed by atoms with Crippen LogP contribution < -0.4 is 5.32 Å². The lowest BCUT2D eigenvalue weighted by molar-refractivity contribution is 0.101. The minimum atomic E-state index is -0.522. The molecule has 0 saturated carbocycles. The van der Waals surface area contributed by atoms with E-state index in [1.54, 1.807) is 24.3 Å². The van der Waals surface area contributed by atoms with Crippen molar-refractivity contribution in [2.75, 3.05) is 5.32 Å². The second-order valence-corrected chi connectivity index (χ2v) is 4.81. The number of amides is 1. The van der Waals surface area contributed by atoms with Crippen molar-refractivity contribution in [3.8, 4) is 0 Å². The fourth-order valence-corrected chi connectivity index (χ4v) is 2.00. The van der Waals surface area contributed by atoms with Crippen LogP contribution in [0.1, 0.15) is 27.8 Å². The molecule has 20 heavy (non-hydrogen) atoms. The predicted octanol–water partition coefficient (Wildman–Crippen LogP) is 3.84. The summed E-state index contributed by atoms with van der Waals surface area (Å²) in [6.45, 7) is 1.43. The normalized spacial score (nSPS) is 10.2. The molecule has 1 amide bonds. The summed E-state index contributed by atoms with van der Waals surface area (Å²) in [6.07, 6.45) is 0. The summed E-state index contributed by atoms with van der Waals surface area (Å²) < 4.78 is 0. The van der Waals surface area contributed by atoms with Gasteiger partial charge in [-0.05, 0) is 31.2 Å². The molecule has 6 heteroatoms. The molecule has 0 aliphatic heterocycles. The molecule has 2 rings (SSSR count). The maximum absolute atomic E-state index is 12.1. The van der Waals surface area contributed by atoms with Crippen LogP contribution in [0.25, 0.3) is 0 Å². The molecule has 1 aromatic carbocycles. The van der Waals surface area contributed by atoms with Gasteiger partial charge >= 0.3 is 0 Å². The minimum Gasteiger partial charge on any atom is -0.320 e. The lowest BCUT2D eigenvalue weighted by Gasteiger charge is -2.09. The summed E-state index contributed by atoms with van der Waals surface area (Å²) in [5, 5.41) is 2.96. The van der Waals surface area contributed by atoms with Crippen LogP contribution in [0.4, 0.5) is 5.69 Å². The first-order valence-corrected chi connectivity index (χ1v) is 6.48. The van der Waals surface area contributed by atoms with E-state index in [2.05, 4.69) is 10.3 Å². The average Bonchev–Trinajstić information content (AvgIpc) is 2.41. The maximum Gasteiger partial charge on any atom is 0.275 e. The Labute approximate surface area is 125 Å². The van der Waals surface area contributed by atoms with E-state index in [0.717, 1.165) is 0 Å². The second-order valence-electron chi connectivity index (χ2n) is 4.02. The molecule has 0 unspecified atom stereocenters. The average molecular weight is 309 g/mol. The number of hydrogen-bond acceptors (Lipinski definition) is 3. The third-order valence-electron chi connectivity index (χ3n) is 2.58. The van der Waals surface area contributed by atoms with Crippen LogP contribution in [0.2, 0.25) is 10.2 Å². The quantitative estimate of drug-likeness (QED) is 0.692. The summed E-state index contributed by atoms with van der Waals surface area (Å²) in [6, 6.07) is 9.68. The van der Waals surface area contributed by atoms with E-state index in [1.165, 1.54) is 19.1 Å². The number of Topliss-reactive ketones (excluding diaryl/α,β-unsaturated/α-hetero) is 1. The molecule has 0 bridgehead atoms. The van der Waals surface area contributed by atoms with E-state index in [-0.39, 0.29) is 21.7 Å². The Morgan fingerprint density at radius 3 is 2.50 bits per heavy atom. The molecule has 0 atom stereocenters. The zero-order valence-electron chi connectivity index (χ0n) is 10.5. The van der Waals surface area contributed by atoms with Gasteiger partial charge in [0.05, 0.1) is 10.7 Å². The zero-order valence-corrected chi connectivity index (χ0v) is 12.0. The molecule has 1 N–H and O–H groups in total. The molecule has 2 aromatic rings. The third-order valence-corrected chi connectivity index (χ3v) is 3.10. The first kappa shape index (κ1) is 14.5. The monoisotopic (exact) mass is 308 g/mol. The lowest BCUT2D eigenvalue weighted by atomic mass is 10.1. The van der Waals surface area contributed by atoms with Gasteiger partial charge in [0, 0.05) is 5.56 Å². The lowest BCUT2D eigenvalue weighted by Crippen LogP contribution is -2.16. The van der Waals surface area contributed by atoms with Crippen molar-refractivity contribution in [3.05, 3.63) is 57.8 Å².